The number of ether oxygens (including phenoxy) is 3. The predicted octanol–water partition coefficient (Wildman–Crippen LogP) is 2.61. The first-order valence-electron chi connectivity index (χ1n) is 10.7. The number of ketones is 2. The molecule has 0 spiro atoms. The molecule has 0 radical (unpaired) electrons. The van der Waals surface area contributed by atoms with Crippen molar-refractivity contribution in [3.05, 3.63) is 11.3 Å². The van der Waals surface area contributed by atoms with E-state index in [-0.39, 0.29) is 47.5 Å². The zero-order chi connectivity index (χ0) is 22.2. The van der Waals surface area contributed by atoms with Crippen LogP contribution in [0.3, 0.4) is 0 Å². The molecule has 164 valence electrons. The topological polar surface area (TPSA) is 96.0 Å². The molecule has 0 N–H and O–H groups in total. The molecule has 7 nitrogen and oxygen atoms in total. The molecule has 7 heteroatoms. The fourth-order valence-corrected chi connectivity index (χ4v) is 7.30. The molecule has 0 aromatic heterocycles. The summed E-state index contributed by atoms with van der Waals surface area (Å²) in [5, 5.41) is 0. The van der Waals surface area contributed by atoms with Gasteiger partial charge in [-0.15, -0.1) is 0 Å². The Morgan fingerprint density at radius 3 is 2.43 bits per heavy atom. The second-order valence-electron chi connectivity index (χ2n) is 9.91. The van der Waals surface area contributed by atoms with Crippen LogP contribution in [0.15, 0.2) is 11.3 Å². The number of rotatable bonds is 2. The second-order valence-corrected chi connectivity index (χ2v) is 9.91. The summed E-state index contributed by atoms with van der Waals surface area (Å²) in [5.74, 6) is -2.05. The summed E-state index contributed by atoms with van der Waals surface area (Å²) in [5.41, 5.74) is -1.000. The maximum atomic E-state index is 13.8. The van der Waals surface area contributed by atoms with Crippen LogP contribution in [0.25, 0.3) is 0 Å². The van der Waals surface area contributed by atoms with E-state index in [9.17, 15) is 19.2 Å². The van der Waals surface area contributed by atoms with Gasteiger partial charge in [0.1, 0.15) is 6.10 Å². The lowest BCUT2D eigenvalue weighted by Gasteiger charge is -2.65. The van der Waals surface area contributed by atoms with E-state index >= 15 is 0 Å². The summed E-state index contributed by atoms with van der Waals surface area (Å²) in [6, 6.07) is 0. The fraction of sp³-hybridized carbons (Fsp3) is 0.739. The van der Waals surface area contributed by atoms with Crippen molar-refractivity contribution >= 4 is 23.5 Å². The Morgan fingerprint density at radius 1 is 1.17 bits per heavy atom. The number of carbonyl (C=O) groups excluding carboxylic acids is 4. The van der Waals surface area contributed by atoms with Crippen LogP contribution in [-0.4, -0.2) is 42.8 Å². The van der Waals surface area contributed by atoms with Crippen molar-refractivity contribution in [3.63, 3.8) is 0 Å². The minimum Gasteiger partial charge on any atom is -0.493 e. The molecule has 2 saturated carbocycles. The second kappa shape index (κ2) is 6.66. The van der Waals surface area contributed by atoms with Crippen LogP contribution in [0.4, 0.5) is 0 Å². The lowest BCUT2D eigenvalue weighted by Crippen LogP contribution is -2.70. The van der Waals surface area contributed by atoms with E-state index in [2.05, 4.69) is 0 Å². The van der Waals surface area contributed by atoms with Crippen molar-refractivity contribution in [3.8, 4) is 0 Å². The predicted molar refractivity (Wildman–Crippen MR) is 105 cm³/mol. The van der Waals surface area contributed by atoms with Gasteiger partial charge < -0.3 is 14.2 Å². The molecule has 3 aliphatic carbocycles. The van der Waals surface area contributed by atoms with Gasteiger partial charge in [0.2, 0.25) is 5.78 Å². The van der Waals surface area contributed by atoms with E-state index in [4.69, 9.17) is 14.2 Å². The molecule has 4 aliphatic rings. The van der Waals surface area contributed by atoms with Crippen LogP contribution in [0.5, 0.6) is 0 Å². The zero-order valence-corrected chi connectivity index (χ0v) is 18.4. The van der Waals surface area contributed by atoms with Gasteiger partial charge in [-0.25, -0.2) is 0 Å². The first kappa shape index (κ1) is 21.1. The van der Waals surface area contributed by atoms with Crippen molar-refractivity contribution in [1.82, 2.24) is 0 Å². The van der Waals surface area contributed by atoms with E-state index in [0.29, 0.717) is 12.8 Å². The van der Waals surface area contributed by atoms with Gasteiger partial charge in [0.05, 0.1) is 13.5 Å². The summed E-state index contributed by atoms with van der Waals surface area (Å²) < 4.78 is 16.7. The highest BCUT2D eigenvalue weighted by atomic mass is 16.6. The first-order valence-corrected chi connectivity index (χ1v) is 10.7. The molecular weight excluding hydrogens is 388 g/mol. The van der Waals surface area contributed by atoms with Gasteiger partial charge in [-0.3, -0.25) is 19.2 Å². The maximum Gasteiger partial charge on any atom is 0.306 e. The summed E-state index contributed by atoms with van der Waals surface area (Å²) in [7, 11) is 1.45. The number of hydrogen-bond acceptors (Lipinski definition) is 7. The molecule has 6 unspecified atom stereocenters. The minimum atomic E-state index is -1.04. The van der Waals surface area contributed by atoms with Crippen molar-refractivity contribution in [2.24, 2.45) is 34.5 Å². The minimum absolute atomic E-state index is 0.0199. The average Bonchev–Trinajstić information content (AvgIpc) is 2.64. The molecule has 0 amide bonds. The quantitative estimate of drug-likeness (QED) is 0.636. The van der Waals surface area contributed by atoms with Crippen molar-refractivity contribution < 1.29 is 33.4 Å². The van der Waals surface area contributed by atoms with Gasteiger partial charge in [0.15, 0.2) is 17.6 Å². The smallest absolute Gasteiger partial charge is 0.306 e. The zero-order valence-electron chi connectivity index (χ0n) is 18.4. The van der Waals surface area contributed by atoms with Crippen LogP contribution >= 0.6 is 0 Å². The standard InChI is InChI=1S/C23H30O7/c1-10-7-15(29-12(3)24)21(27)23(5)13(10)8-16-22(4)14(9-17(25)30-16)11(2)19(28-6)18(26)20(22)23/h10,13-16,20H,7-9H2,1-6H3/t10?,13?,14?,15?,16?,20?,22-,23+/m1/s1. The highest BCUT2D eigenvalue weighted by Gasteiger charge is 2.72. The average molecular weight is 418 g/mol. The molecule has 1 aliphatic heterocycles. The van der Waals surface area contributed by atoms with Crippen LogP contribution < -0.4 is 0 Å². The van der Waals surface area contributed by atoms with Gasteiger partial charge in [0.25, 0.3) is 0 Å². The lowest BCUT2D eigenvalue weighted by molar-refractivity contribution is -0.225. The van der Waals surface area contributed by atoms with E-state index in [0.717, 1.165) is 5.57 Å². The first-order chi connectivity index (χ1) is 14.0. The van der Waals surface area contributed by atoms with Crippen LogP contribution in [0.1, 0.15) is 53.9 Å². The molecule has 0 aromatic carbocycles. The Morgan fingerprint density at radius 2 is 1.83 bits per heavy atom. The Balaban J connectivity index is 1.92. The number of allylic oxidation sites excluding steroid dienone is 2. The van der Waals surface area contributed by atoms with Gasteiger partial charge in [0, 0.05) is 29.6 Å². The van der Waals surface area contributed by atoms with E-state index < -0.39 is 34.9 Å². The molecule has 8 atom stereocenters. The van der Waals surface area contributed by atoms with Gasteiger partial charge in [-0.05, 0) is 37.2 Å². The van der Waals surface area contributed by atoms with Crippen molar-refractivity contribution in [2.45, 2.75) is 66.1 Å². The normalized spacial score (nSPS) is 45.3. The Bertz CT molecular complexity index is 873. The Hall–Kier alpha value is -2.18. The largest absolute Gasteiger partial charge is 0.493 e. The third-order valence-corrected chi connectivity index (χ3v) is 8.52. The van der Waals surface area contributed by atoms with E-state index in [1.165, 1.54) is 14.0 Å². The Labute approximate surface area is 176 Å². The van der Waals surface area contributed by atoms with Gasteiger partial charge >= 0.3 is 11.9 Å². The maximum absolute atomic E-state index is 13.8. The number of methoxy groups -OCH3 is 1. The molecule has 3 fully saturated rings. The highest BCUT2D eigenvalue weighted by Crippen LogP contribution is 2.67. The van der Waals surface area contributed by atoms with Crippen molar-refractivity contribution in [2.75, 3.05) is 7.11 Å². The molecule has 0 aromatic rings. The van der Waals surface area contributed by atoms with Crippen molar-refractivity contribution in [1.29, 1.82) is 0 Å². The van der Waals surface area contributed by atoms with Gasteiger partial charge in [-0.2, -0.15) is 0 Å². The third kappa shape index (κ3) is 2.50. The summed E-state index contributed by atoms with van der Waals surface area (Å²) in [6.45, 7) is 8.96. The number of esters is 2. The molecule has 1 heterocycles. The van der Waals surface area contributed by atoms with Crippen LogP contribution in [0, 0.1) is 34.5 Å². The molecule has 0 bridgehead atoms. The SMILES string of the molecule is COC1=C(C)C2CC(=O)OC3CC4C(C)CC(OC(C)=O)C(=O)[C@]4(C)C(C1=O)[C@@]32C. The van der Waals surface area contributed by atoms with Crippen LogP contribution in [-0.2, 0) is 33.4 Å². The molecule has 1 saturated heterocycles. The molecular formula is C23H30O7. The number of fused-ring (bicyclic) bond motifs is 2. The lowest BCUT2D eigenvalue weighted by atomic mass is 9.39. The Kier molecular flexibility index (Phi) is 4.68. The molecule has 4 rings (SSSR count). The highest BCUT2D eigenvalue weighted by molar-refractivity contribution is 6.04. The van der Waals surface area contributed by atoms with Gasteiger partial charge in [-0.1, -0.05) is 20.8 Å². The summed E-state index contributed by atoms with van der Waals surface area (Å²) >= 11 is 0. The number of Topliss-reactive ketones (excluding diaryl/α,β-unsaturated/α-hetero) is 2. The van der Waals surface area contributed by atoms with E-state index in [1.54, 1.807) is 0 Å². The van der Waals surface area contributed by atoms with Crippen LogP contribution in [0.2, 0.25) is 0 Å². The summed E-state index contributed by atoms with van der Waals surface area (Å²) in [6.07, 6.45) is -0.215. The number of hydrogen-bond donors (Lipinski definition) is 0. The monoisotopic (exact) mass is 418 g/mol. The molecule has 30 heavy (non-hydrogen) atoms. The number of carbonyl (C=O) groups is 4. The third-order valence-electron chi connectivity index (χ3n) is 8.52. The summed E-state index contributed by atoms with van der Waals surface area (Å²) in [4.78, 5) is 51.6. The fourth-order valence-electron chi connectivity index (χ4n) is 7.30. The van der Waals surface area contributed by atoms with E-state index in [1.807, 2.05) is 27.7 Å².